The first kappa shape index (κ1) is 15.0. The van der Waals surface area contributed by atoms with Gasteiger partial charge in [-0.25, -0.2) is 0 Å². The lowest BCUT2D eigenvalue weighted by atomic mass is 9.95. The fourth-order valence-electron chi connectivity index (χ4n) is 2.80. The molecule has 3 nitrogen and oxygen atoms in total. The molecule has 1 aromatic carbocycles. The van der Waals surface area contributed by atoms with Crippen molar-refractivity contribution in [3.8, 4) is 0 Å². The van der Waals surface area contributed by atoms with Gasteiger partial charge in [0.2, 0.25) is 5.91 Å². The van der Waals surface area contributed by atoms with E-state index in [1.165, 1.54) is 18.4 Å². The van der Waals surface area contributed by atoms with E-state index in [2.05, 4.69) is 31.3 Å². The summed E-state index contributed by atoms with van der Waals surface area (Å²) < 4.78 is 0. The third-order valence-electron chi connectivity index (χ3n) is 4.00. The molecule has 0 aliphatic carbocycles. The smallest absolute Gasteiger partial charge is 0.223 e. The van der Waals surface area contributed by atoms with E-state index >= 15 is 0 Å². The molecule has 1 fully saturated rings. The Morgan fingerprint density at radius 1 is 1.35 bits per heavy atom. The van der Waals surface area contributed by atoms with E-state index in [-0.39, 0.29) is 11.9 Å². The number of piperidine rings is 1. The molecule has 3 heteroatoms. The van der Waals surface area contributed by atoms with Crippen LogP contribution in [0.15, 0.2) is 30.3 Å². The number of rotatable bonds is 5. The highest BCUT2D eigenvalue weighted by Gasteiger charge is 2.22. The zero-order chi connectivity index (χ0) is 14.4. The molecule has 1 atom stereocenters. The molecule has 1 saturated heterocycles. The average molecular weight is 274 g/mol. The molecular formula is C17H26N2O. The number of carbonyl (C=O) groups is 1. The van der Waals surface area contributed by atoms with Crippen molar-refractivity contribution in [2.75, 3.05) is 13.1 Å². The Morgan fingerprint density at radius 3 is 2.70 bits per heavy atom. The molecule has 2 rings (SSSR count). The number of hydrogen-bond donors (Lipinski definition) is 1. The molecule has 0 bridgehead atoms. The van der Waals surface area contributed by atoms with Crippen LogP contribution >= 0.6 is 0 Å². The van der Waals surface area contributed by atoms with Gasteiger partial charge in [-0.05, 0) is 51.3 Å². The lowest BCUT2D eigenvalue weighted by molar-refractivity contribution is -0.134. The van der Waals surface area contributed by atoms with Crippen LogP contribution in [-0.4, -0.2) is 29.9 Å². The van der Waals surface area contributed by atoms with E-state index < -0.39 is 0 Å². The zero-order valence-electron chi connectivity index (χ0n) is 12.6. The van der Waals surface area contributed by atoms with Crippen LogP contribution < -0.4 is 5.32 Å². The second-order valence-corrected chi connectivity index (χ2v) is 6.02. The second-order valence-electron chi connectivity index (χ2n) is 6.02. The minimum Gasteiger partial charge on any atom is -0.336 e. The van der Waals surface area contributed by atoms with Crippen molar-refractivity contribution in [1.29, 1.82) is 0 Å². The van der Waals surface area contributed by atoms with Gasteiger partial charge in [-0.1, -0.05) is 30.3 Å². The van der Waals surface area contributed by atoms with Gasteiger partial charge in [0.25, 0.3) is 0 Å². The quantitative estimate of drug-likeness (QED) is 0.895. The highest BCUT2D eigenvalue weighted by atomic mass is 16.2. The van der Waals surface area contributed by atoms with E-state index in [4.69, 9.17) is 0 Å². The van der Waals surface area contributed by atoms with Crippen LogP contribution in [0.2, 0.25) is 0 Å². The number of hydrogen-bond acceptors (Lipinski definition) is 2. The maximum absolute atomic E-state index is 12.6. The van der Waals surface area contributed by atoms with Crippen LogP contribution in [0.3, 0.4) is 0 Å². The van der Waals surface area contributed by atoms with Gasteiger partial charge in [-0.15, -0.1) is 0 Å². The highest BCUT2D eigenvalue weighted by Crippen LogP contribution is 2.18. The number of nitrogens with one attached hydrogen (secondary N) is 1. The minimum atomic E-state index is 0.249. The van der Waals surface area contributed by atoms with Crippen LogP contribution in [0.5, 0.6) is 0 Å². The van der Waals surface area contributed by atoms with Gasteiger partial charge in [-0.2, -0.15) is 0 Å². The van der Waals surface area contributed by atoms with Crippen molar-refractivity contribution in [3.05, 3.63) is 35.9 Å². The van der Waals surface area contributed by atoms with Gasteiger partial charge in [-0.3, -0.25) is 4.79 Å². The largest absolute Gasteiger partial charge is 0.336 e. The molecule has 1 aromatic rings. The van der Waals surface area contributed by atoms with Gasteiger partial charge in [0, 0.05) is 19.0 Å². The molecule has 20 heavy (non-hydrogen) atoms. The van der Waals surface area contributed by atoms with Gasteiger partial charge >= 0.3 is 0 Å². The Bertz CT molecular complexity index is 410. The van der Waals surface area contributed by atoms with E-state index in [1.807, 2.05) is 23.1 Å². The Hall–Kier alpha value is -1.35. The fourth-order valence-corrected chi connectivity index (χ4v) is 2.80. The third kappa shape index (κ3) is 4.34. The Balaban J connectivity index is 1.95. The van der Waals surface area contributed by atoms with Gasteiger partial charge in [0.05, 0.1) is 0 Å². The predicted molar refractivity (Wildman–Crippen MR) is 82.3 cm³/mol. The van der Waals surface area contributed by atoms with Crippen molar-refractivity contribution >= 4 is 5.91 Å². The van der Waals surface area contributed by atoms with E-state index in [1.54, 1.807) is 0 Å². The first-order valence-corrected chi connectivity index (χ1v) is 7.71. The van der Waals surface area contributed by atoms with Crippen LogP contribution in [0.4, 0.5) is 0 Å². The van der Waals surface area contributed by atoms with Crippen LogP contribution in [0.25, 0.3) is 0 Å². The summed E-state index contributed by atoms with van der Waals surface area (Å²) >= 11 is 0. The monoisotopic (exact) mass is 274 g/mol. The molecule has 1 aliphatic rings. The van der Waals surface area contributed by atoms with Crippen molar-refractivity contribution in [2.45, 2.75) is 45.7 Å². The standard InChI is InChI=1S/C17H26N2O/c1-14(2)19(13-15-7-4-3-5-8-15)17(20)11-16-9-6-10-18-12-16/h3-5,7-8,14,16,18H,6,9-13H2,1-2H3. The molecule has 0 saturated carbocycles. The molecular weight excluding hydrogens is 248 g/mol. The number of carbonyl (C=O) groups excluding carboxylic acids is 1. The van der Waals surface area contributed by atoms with Gasteiger partial charge < -0.3 is 10.2 Å². The predicted octanol–water partition coefficient (Wildman–Crippen LogP) is 2.81. The van der Waals surface area contributed by atoms with Crippen LogP contribution in [0.1, 0.15) is 38.7 Å². The summed E-state index contributed by atoms with van der Waals surface area (Å²) in [5, 5.41) is 3.39. The molecule has 1 amide bonds. The van der Waals surface area contributed by atoms with Gasteiger partial charge in [0.1, 0.15) is 0 Å². The third-order valence-corrected chi connectivity index (χ3v) is 4.00. The first-order valence-electron chi connectivity index (χ1n) is 7.71. The molecule has 0 radical (unpaired) electrons. The molecule has 0 aromatic heterocycles. The number of nitrogens with zero attached hydrogens (tertiary/aromatic N) is 1. The van der Waals surface area contributed by atoms with E-state index in [0.717, 1.165) is 19.6 Å². The fraction of sp³-hybridized carbons (Fsp3) is 0.588. The minimum absolute atomic E-state index is 0.249. The molecule has 110 valence electrons. The lowest BCUT2D eigenvalue weighted by Gasteiger charge is -2.30. The molecule has 1 N–H and O–H groups in total. The summed E-state index contributed by atoms with van der Waals surface area (Å²) in [4.78, 5) is 14.6. The summed E-state index contributed by atoms with van der Waals surface area (Å²) in [6.45, 7) is 7.00. The highest BCUT2D eigenvalue weighted by molar-refractivity contribution is 5.76. The molecule has 1 heterocycles. The lowest BCUT2D eigenvalue weighted by Crippen LogP contribution is -2.39. The average Bonchev–Trinajstić information content (AvgIpc) is 2.46. The van der Waals surface area contributed by atoms with Crippen molar-refractivity contribution in [1.82, 2.24) is 10.2 Å². The zero-order valence-corrected chi connectivity index (χ0v) is 12.6. The summed E-state index contributed by atoms with van der Waals surface area (Å²) in [5.74, 6) is 0.797. The van der Waals surface area contributed by atoms with Gasteiger partial charge in [0.15, 0.2) is 0 Å². The topological polar surface area (TPSA) is 32.3 Å². The number of amides is 1. The Kier molecular flexibility index (Phi) is 5.60. The Labute approximate surface area is 122 Å². The summed E-state index contributed by atoms with van der Waals surface area (Å²) in [5.41, 5.74) is 1.20. The SMILES string of the molecule is CC(C)N(Cc1ccccc1)C(=O)CC1CCCNC1. The molecule has 1 unspecified atom stereocenters. The second kappa shape index (κ2) is 7.44. The summed E-state index contributed by atoms with van der Waals surface area (Å²) in [7, 11) is 0. The molecule has 0 spiro atoms. The van der Waals surface area contributed by atoms with Crippen molar-refractivity contribution in [2.24, 2.45) is 5.92 Å². The summed E-state index contributed by atoms with van der Waals surface area (Å²) in [6, 6.07) is 10.5. The number of benzene rings is 1. The molecule has 1 aliphatic heterocycles. The summed E-state index contributed by atoms with van der Waals surface area (Å²) in [6.07, 6.45) is 3.05. The maximum Gasteiger partial charge on any atom is 0.223 e. The Morgan fingerprint density at radius 2 is 2.10 bits per heavy atom. The van der Waals surface area contributed by atoms with Crippen LogP contribution in [-0.2, 0) is 11.3 Å². The first-order chi connectivity index (χ1) is 9.66. The van der Waals surface area contributed by atoms with Crippen molar-refractivity contribution in [3.63, 3.8) is 0 Å². The van der Waals surface area contributed by atoms with E-state index in [9.17, 15) is 4.79 Å². The maximum atomic E-state index is 12.6. The van der Waals surface area contributed by atoms with Crippen LogP contribution in [0, 0.1) is 5.92 Å². The normalized spacial score (nSPS) is 19.1. The van der Waals surface area contributed by atoms with Crippen molar-refractivity contribution < 1.29 is 4.79 Å². The van der Waals surface area contributed by atoms with E-state index in [0.29, 0.717) is 12.3 Å².